The van der Waals surface area contributed by atoms with Crippen LogP contribution in [0.1, 0.15) is 43.4 Å². The molecule has 0 unspecified atom stereocenters. The van der Waals surface area contributed by atoms with Crippen molar-refractivity contribution in [1.29, 1.82) is 0 Å². The van der Waals surface area contributed by atoms with Gasteiger partial charge in [0.05, 0.1) is 19.1 Å². The van der Waals surface area contributed by atoms with Gasteiger partial charge in [0.25, 0.3) is 0 Å². The number of piperidine rings is 1. The second-order valence-corrected chi connectivity index (χ2v) is 9.76. The Labute approximate surface area is 194 Å². The molecule has 3 aromatic carbocycles. The molecule has 0 atom stereocenters. The molecule has 4 nitrogen and oxygen atoms in total. The molecule has 1 aliphatic carbocycles. The molecule has 6 rings (SSSR count). The zero-order valence-electron chi connectivity index (χ0n) is 19.4. The van der Waals surface area contributed by atoms with E-state index in [9.17, 15) is 5.11 Å². The Bertz CT molecular complexity index is 1350. The van der Waals surface area contributed by atoms with Gasteiger partial charge in [-0.3, -0.25) is 0 Å². The molecule has 33 heavy (non-hydrogen) atoms. The van der Waals surface area contributed by atoms with Crippen molar-refractivity contribution < 1.29 is 14.6 Å². The Morgan fingerprint density at radius 2 is 2.00 bits per heavy atom. The maximum Gasteiger partial charge on any atom is 0.142 e. The third-order valence-electron chi connectivity index (χ3n) is 7.54. The average molecular weight is 440 g/mol. The summed E-state index contributed by atoms with van der Waals surface area (Å²) in [4.78, 5) is 2.32. The molecule has 2 aliphatic heterocycles. The van der Waals surface area contributed by atoms with Gasteiger partial charge in [0.15, 0.2) is 0 Å². The fourth-order valence-corrected chi connectivity index (χ4v) is 6.03. The lowest BCUT2D eigenvalue weighted by atomic mass is 9.78. The van der Waals surface area contributed by atoms with Crippen molar-refractivity contribution in [2.24, 2.45) is 0 Å². The number of ether oxygens (including phenoxy) is 2. The van der Waals surface area contributed by atoms with E-state index in [0.29, 0.717) is 13.2 Å². The van der Waals surface area contributed by atoms with Gasteiger partial charge < -0.3 is 19.5 Å². The summed E-state index contributed by atoms with van der Waals surface area (Å²) in [5, 5.41) is 11.9. The van der Waals surface area contributed by atoms with Crippen molar-refractivity contribution in [2.75, 3.05) is 31.7 Å². The van der Waals surface area contributed by atoms with Gasteiger partial charge in [-0.25, -0.2) is 0 Å². The Kier molecular flexibility index (Phi) is 4.48. The van der Waals surface area contributed by atoms with Crippen LogP contribution < -0.4 is 14.4 Å². The van der Waals surface area contributed by atoms with Crippen LogP contribution in [0, 0.1) is 0 Å². The lowest BCUT2D eigenvalue weighted by Gasteiger charge is -2.32. The molecule has 0 aromatic heterocycles. The number of methoxy groups -OCH3 is 1. The minimum atomic E-state index is -0.118. The van der Waals surface area contributed by atoms with Crippen LogP contribution in [0.25, 0.3) is 28.0 Å². The van der Waals surface area contributed by atoms with E-state index in [1.165, 1.54) is 39.5 Å². The van der Waals surface area contributed by atoms with E-state index < -0.39 is 0 Å². The van der Waals surface area contributed by atoms with E-state index in [-0.39, 0.29) is 5.41 Å². The maximum atomic E-state index is 9.64. The Morgan fingerprint density at radius 1 is 1.15 bits per heavy atom. The molecule has 2 heterocycles. The fraction of sp³-hybridized carbons (Fsp3) is 0.310. The number of fused-ring (bicyclic) bond motifs is 8. The highest BCUT2D eigenvalue weighted by atomic mass is 16.5. The van der Waals surface area contributed by atoms with E-state index in [1.807, 2.05) is 0 Å². The van der Waals surface area contributed by atoms with Crippen molar-refractivity contribution in [3.05, 3.63) is 71.0 Å². The third-order valence-corrected chi connectivity index (χ3v) is 7.54. The van der Waals surface area contributed by atoms with Gasteiger partial charge in [-0.15, -0.1) is 0 Å². The predicted octanol–water partition coefficient (Wildman–Crippen LogP) is 6.60. The standard InChI is InChI=1S/C29H29NO3/c1-29(2)23-11-5-4-9-19(23)26-21-14-24(30-12-6-8-18(16-30)17-31)25(32-3)15-22(21)28-20(27(26)29)10-7-13-33-28/h4-5,7,9-11,14-15,17,31H,6,8,12-13,16H2,1-3H3/b18-17-. The number of hydrogen-bond donors (Lipinski definition) is 1. The summed E-state index contributed by atoms with van der Waals surface area (Å²) >= 11 is 0. The number of aliphatic hydroxyl groups excluding tert-OH is 1. The molecular weight excluding hydrogens is 410 g/mol. The summed E-state index contributed by atoms with van der Waals surface area (Å²) in [5.74, 6) is 1.79. The van der Waals surface area contributed by atoms with Gasteiger partial charge in [0.1, 0.15) is 18.1 Å². The second-order valence-electron chi connectivity index (χ2n) is 9.76. The van der Waals surface area contributed by atoms with Crippen molar-refractivity contribution in [2.45, 2.75) is 32.1 Å². The highest BCUT2D eigenvalue weighted by Gasteiger charge is 2.40. The van der Waals surface area contributed by atoms with Gasteiger partial charge in [-0.05, 0) is 64.3 Å². The molecule has 0 bridgehead atoms. The highest BCUT2D eigenvalue weighted by Crippen LogP contribution is 2.57. The lowest BCUT2D eigenvalue weighted by Crippen LogP contribution is -2.31. The quantitative estimate of drug-likeness (QED) is 0.457. The first-order valence-corrected chi connectivity index (χ1v) is 11.7. The number of aliphatic hydroxyl groups is 1. The Hall–Kier alpha value is -3.40. The topological polar surface area (TPSA) is 41.9 Å². The molecule has 4 heteroatoms. The molecule has 168 valence electrons. The first-order chi connectivity index (χ1) is 16.0. The summed E-state index contributed by atoms with van der Waals surface area (Å²) in [6, 6.07) is 13.2. The molecule has 0 amide bonds. The number of hydrogen-bond acceptors (Lipinski definition) is 4. The van der Waals surface area contributed by atoms with Crippen LogP contribution in [0.15, 0.2) is 54.3 Å². The Morgan fingerprint density at radius 3 is 2.82 bits per heavy atom. The summed E-state index contributed by atoms with van der Waals surface area (Å²) in [5.41, 5.74) is 8.49. The van der Waals surface area contributed by atoms with Crippen LogP contribution in [-0.2, 0) is 5.41 Å². The van der Waals surface area contributed by atoms with Crippen molar-refractivity contribution in [3.63, 3.8) is 0 Å². The van der Waals surface area contributed by atoms with Crippen molar-refractivity contribution in [1.82, 2.24) is 0 Å². The second kappa shape index (κ2) is 7.31. The lowest BCUT2D eigenvalue weighted by molar-refractivity contribution is 0.361. The zero-order chi connectivity index (χ0) is 22.7. The van der Waals surface area contributed by atoms with Crippen LogP contribution >= 0.6 is 0 Å². The van der Waals surface area contributed by atoms with E-state index in [1.54, 1.807) is 7.11 Å². The van der Waals surface area contributed by atoms with E-state index in [4.69, 9.17) is 9.47 Å². The highest BCUT2D eigenvalue weighted by molar-refractivity contribution is 6.10. The molecule has 0 saturated carbocycles. The van der Waals surface area contributed by atoms with Gasteiger partial charge in [0, 0.05) is 29.5 Å². The first-order valence-electron chi connectivity index (χ1n) is 11.7. The summed E-state index contributed by atoms with van der Waals surface area (Å²) in [7, 11) is 1.73. The number of anilines is 1. The largest absolute Gasteiger partial charge is 0.516 e. The van der Waals surface area contributed by atoms with Crippen LogP contribution in [0.2, 0.25) is 0 Å². The van der Waals surface area contributed by atoms with Crippen molar-refractivity contribution in [3.8, 4) is 22.6 Å². The average Bonchev–Trinajstić information content (AvgIpc) is 3.11. The molecule has 1 N–H and O–H groups in total. The number of rotatable bonds is 2. The van der Waals surface area contributed by atoms with E-state index in [2.05, 4.69) is 67.3 Å². The molecule has 3 aliphatic rings. The molecule has 3 aromatic rings. The van der Waals surface area contributed by atoms with Crippen LogP contribution in [0.4, 0.5) is 5.69 Å². The van der Waals surface area contributed by atoms with Crippen molar-refractivity contribution >= 4 is 22.5 Å². The zero-order valence-corrected chi connectivity index (χ0v) is 19.4. The minimum Gasteiger partial charge on any atom is -0.516 e. The van der Waals surface area contributed by atoms with Crippen LogP contribution in [0.3, 0.4) is 0 Å². The first kappa shape index (κ1) is 20.2. The van der Waals surface area contributed by atoms with Gasteiger partial charge in [0.2, 0.25) is 0 Å². The van der Waals surface area contributed by atoms with Gasteiger partial charge in [-0.1, -0.05) is 44.2 Å². The normalized spacial score (nSPS) is 19.2. The summed E-state index contributed by atoms with van der Waals surface area (Å²) in [6.45, 7) is 6.87. The van der Waals surface area contributed by atoms with Gasteiger partial charge >= 0.3 is 0 Å². The Balaban J connectivity index is 1.70. The van der Waals surface area contributed by atoms with Gasteiger partial charge in [-0.2, -0.15) is 0 Å². The smallest absolute Gasteiger partial charge is 0.142 e. The summed E-state index contributed by atoms with van der Waals surface area (Å²) < 4.78 is 12.2. The molecule has 1 fully saturated rings. The maximum absolute atomic E-state index is 9.64. The molecule has 0 spiro atoms. The molecular formula is C29H29NO3. The third kappa shape index (κ3) is 2.83. The SMILES string of the molecule is COc1cc2c3c(c4c(c2cc1N1CCC/C(=C/O)C1)-c1ccccc1C4(C)C)C=CCO3. The number of benzene rings is 3. The monoisotopic (exact) mass is 439 g/mol. The van der Waals surface area contributed by atoms with Crippen LogP contribution in [-0.4, -0.2) is 31.9 Å². The van der Waals surface area contributed by atoms with Crippen LogP contribution in [0.5, 0.6) is 11.5 Å². The summed E-state index contributed by atoms with van der Waals surface area (Å²) in [6.07, 6.45) is 7.56. The fourth-order valence-electron chi connectivity index (χ4n) is 6.03. The number of nitrogens with zero attached hydrogens (tertiary/aromatic N) is 1. The predicted molar refractivity (Wildman–Crippen MR) is 135 cm³/mol. The molecule has 0 radical (unpaired) electrons. The van der Waals surface area contributed by atoms with E-state index >= 15 is 0 Å². The van der Waals surface area contributed by atoms with E-state index in [0.717, 1.165) is 47.5 Å². The molecule has 1 saturated heterocycles. The minimum absolute atomic E-state index is 0.118.